The lowest BCUT2D eigenvalue weighted by Crippen LogP contribution is -2.25. The number of aryl methyl sites for hydroxylation is 1. The second-order valence-electron chi connectivity index (χ2n) is 4.31. The zero-order valence-electron chi connectivity index (χ0n) is 10.9. The van der Waals surface area contributed by atoms with E-state index in [1.807, 2.05) is 19.2 Å². The van der Waals surface area contributed by atoms with Crippen molar-refractivity contribution in [1.82, 2.24) is 10.3 Å². The Labute approximate surface area is 115 Å². The molecule has 1 aromatic carbocycles. The van der Waals surface area contributed by atoms with Crippen molar-refractivity contribution in [3.05, 3.63) is 51.5 Å². The number of hydrogen-bond acceptors (Lipinski definition) is 3. The van der Waals surface area contributed by atoms with Crippen LogP contribution in [-0.4, -0.2) is 11.5 Å². The van der Waals surface area contributed by atoms with E-state index in [0.29, 0.717) is 12.2 Å². The molecule has 0 saturated carbocycles. The highest BCUT2D eigenvalue weighted by atomic mass is 32.1. The van der Waals surface area contributed by atoms with Crippen LogP contribution in [0, 0.1) is 18.6 Å². The number of hydrogen-bond donors (Lipinski definition) is 1. The van der Waals surface area contributed by atoms with Gasteiger partial charge in [-0.25, -0.2) is 13.8 Å². The first-order valence-corrected chi connectivity index (χ1v) is 7.10. The lowest BCUT2D eigenvalue weighted by Gasteiger charge is -2.18. The Morgan fingerprint density at radius 2 is 2.00 bits per heavy atom. The van der Waals surface area contributed by atoms with E-state index in [1.54, 1.807) is 0 Å². The van der Waals surface area contributed by atoms with Crippen molar-refractivity contribution in [3.8, 4) is 0 Å². The number of nitrogens with one attached hydrogen (secondary N) is 1. The number of thiazole rings is 1. The monoisotopic (exact) mass is 282 g/mol. The molecular formula is C14H16F2N2S. The van der Waals surface area contributed by atoms with Gasteiger partial charge in [0.15, 0.2) is 0 Å². The van der Waals surface area contributed by atoms with Gasteiger partial charge in [-0.3, -0.25) is 0 Å². The van der Waals surface area contributed by atoms with Crippen molar-refractivity contribution in [1.29, 1.82) is 0 Å². The minimum Gasteiger partial charge on any atom is -0.305 e. The van der Waals surface area contributed by atoms with E-state index in [9.17, 15) is 8.78 Å². The van der Waals surface area contributed by atoms with E-state index < -0.39 is 17.7 Å². The SMILES string of the molecule is CCCNC(c1csc(C)n1)c1c(F)cccc1F. The molecule has 1 aromatic heterocycles. The van der Waals surface area contributed by atoms with Crippen LogP contribution in [0.15, 0.2) is 23.6 Å². The second-order valence-corrected chi connectivity index (χ2v) is 5.38. The normalized spacial score (nSPS) is 12.6. The standard InChI is InChI=1S/C14H16F2N2S/c1-3-7-17-14(12-8-19-9(2)18-12)13-10(15)5-4-6-11(13)16/h4-6,8,14,17H,3,7H2,1-2H3. The van der Waals surface area contributed by atoms with Crippen molar-refractivity contribution < 1.29 is 8.78 Å². The summed E-state index contributed by atoms with van der Waals surface area (Å²) in [6.07, 6.45) is 0.885. The largest absolute Gasteiger partial charge is 0.305 e. The fourth-order valence-electron chi connectivity index (χ4n) is 1.94. The molecule has 0 spiro atoms. The van der Waals surface area contributed by atoms with Gasteiger partial charge in [-0.1, -0.05) is 13.0 Å². The molecule has 0 bridgehead atoms. The average molecular weight is 282 g/mol. The molecule has 2 nitrogen and oxygen atoms in total. The molecule has 0 aliphatic carbocycles. The Kier molecular flexibility index (Phi) is 4.61. The molecule has 0 fully saturated rings. The molecule has 0 radical (unpaired) electrons. The van der Waals surface area contributed by atoms with E-state index in [1.165, 1.54) is 29.5 Å². The molecule has 1 atom stereocenters. The maximum Gasteiger partial charge on any atom is 0.131 e. The van der Waals surface area contributed by atoms with Crippen LogP contribution in [0.5, 0.6) is 0 Å². The highest BCUT2D eigenvalue weighted by Crippen LogP contribution is 2.27. The molecule has 1 N–H and O–H groups in total. The summed E-state index contributed by atoms with van der Waals surface area (Å²) >= 11 is 1.48. The smallest absolute Gasteiger partial charge is 0.131 e. The maximum atomic E-state index is 13.9. The average Bonchev–Trinajstić information content (AvgIpc) is 2.79. The quantitative estimate of drug-likeness (QED) is 0.901. The lowest BCUT2D eigenvalue weighted by atomic mass is 10.0. The van der Waals surface area contributed by atoms with Gasteiger partial charge in [0.1, 0.15) is 11.6 Å². The first-order chi connectivity index (χ1) is 9.13. The van der Waals surface area contributed by atoms with Gasteiger partial charge >= 0.3 is 0 Å². The van der Waals surface area contributed by atoms with Gasteiger partial charge in [-0.2, -0.15) is 0 Å². The number of halogens is 2. The van der Waals surface area contributed by atoms with Crippen molar-refractivity contribution in [2.24, 2.45) is 0 Å². The molecule has 0 aliphatic rings. The Morgan fingerprint density at radius 3 is 2.53 bits per heavy atom. The van der Waals surface area contributed by atoms with Gasteiger partial charge in [0.2, 0.25) is 0 Å². The van der Waals surface area contributed by atoms with E-state index >= 15 is 0 Å². The molecule has 5 heteroatoms. The number of benzene rings is 1. The van der Waals surface area contributed by atoms with Gasteiger partial charge in [0.25, 0.3) is 0 Å². The van der Waals surface area contributed by atoms with Gasteiger partial charge in [0, 0.05) is 10.9 Å². The summed E-state index contributed by atoms with van der Waals surface area (Å²) in [6, 6.07) is 3.39. The van der Waals surface area contributed by atoms with E-state index in [4.69, 9.17) is 0 Å². The van der Waals surface area contributed by atoms with Crippen LogP contribution >= 0.6 is 11.3 Å². The zero-order chi connectivity index (χ0) is 13.8. The van der Waals surface area contributed by atoms with Crippen LogP contribution in [-0.2, 0) is 0 Å². The summed E-state index contributed by atoms with van der Waals surface area (Å²) in [6.45, 7) is 4.56. The van der Waals surface area contributed by atoms with Gasteiger partial charge in [-0.15, -0.1) is 11.3 Å². The molecule has 1 unspecified atom stereocenters. The first-order valence-electron chi connectivity index (χ1n) is 6.22. The van der Waals surface area contributed by atoms with Crippen molar-refractivity contribution in [3.63, 3.8) is 0 Å². The Bertz CT molecular complexity index is 534. The second kappa shape index (κ2) is 6.21. The molecule has 1 heterocycles. The third kappa shape index (κ3) is 3.16. The van der Waals surface area contributed by atoms with Gasteiger partial charge in [0.05, 0.1) is 16.7 Å². The molecule has 0 saturated heterocycles. The van der Waals surface area contributed by atoms with Crippen molar-refractivity contribution >= 4 is 11.3 Å². The molecule has 102 valence electrons. The molecule has 0 amide bonds. The van der Waals surface area contributed by atoms with Crippen molar-refractivity contribution in [2.45, 2.75) is 26.3 Å². The summed E-state index contributed by atoms with van der Waals surface area (Å²) in [5.41, 5.74) is 0.709. The Balaban J connectivity index is 2.42. The van der Waals surface area contributed by atoms with Crippen LogP contribution < -0.4 is 5.32 Å². The van der Waals surface area contributed by atoms with Gasteiger partial charge < -0.3 is 5.32 Å². The summed E-state index contributed by atoms with van der Waals surface area (Å²) < 4.78 is 27.8. The van der Waals surface area contributed by atoms with Crippen LogP contribution in [0.3, 0.4) is 0 Å². The number of rotatable bonds is 5. The predicted molar refractivity (Wildman–Crippen MR) is 73.3 cm³/mol. The Morgan fingerprint density at radius 1 is 1.32 bits per heavy atom. The molecule has 2 aromatic rings. The third-order valence-corrected chi connectivity index (χ3v) is 3.61. The fourth-order valence-corrected chi connectivity index (χ4v) is 2.58. The van der Waals surface area contributed by atoms with Crippen LogP contribution in [0.25, 0.3) is 0 Å². The summed E-state index contributed by atoms with van der Waals surface area (Å²) in [5.74, 6) is -1.08. The summed E-state index contributed by atoms with van der Waals surface area (Å²) in [5, 5.41) is 5.89. The molecule has 19 heavy (non-hydrogen) atoms. The van der Waals surface area contributed by atoms with E-state index in [-0.39, 0.29) is 5.56 Å². The Hall–Kier alpha value is -1.33. The number of nitrogens with zero attached hydrogens (tertiary/aromatic N) is 1. The minimum absolute atomic E-state index is 0.0428. The molecule has 2 rings (SSSR count). The lowest BCUT2D eigenvalue weighted by molar-refractivity contribution is 0.498. The van der Waals surface area contributed by atoms with Gasteiger partial charge in [-0.05, 0) is 32.0 Å². The minimum atomic E-state index is -0.542. The topological polar surface area (TPSA) is 24.9 Å². The molecule has 0 aliphatic heterocycles. The van der Waals surface area contributed by atoms with E-state index in [2.05, 4.69) is 10.3 Å². The van der Waals surface area contributed by atoms with E-state index in [0.717, 1.165) is 11.4 Å². The van der Waals surface area contributed by atoms with Crippen molar-refractivity contribution in [2.75, 3.05) is 6.54 Å². The summed E-state index contributed by atoms with van der Waals surface area (Å²) in [7, 11) is 0. The van der Waals surface area contributed by atoms with Crippen LogP contribution in [0.1, 0.15) is 35.7 Å². The number of aromatic nitrogens is 1. The fraction of sp³-hybridized carbons (Fsp3) is 0.357. The predicted octanol–water partition coefficient (Wildman–Crippen LogP) is 3.82. The summed E-state index contributed by atoms with van der Waals surface area (Å²) in [4.78, 5) is 4.35. The zero-order valence-corrected chi connectivity index (χ0v) is 11.7. The van der Waals surface area contributed by atoms with Crippen LogP contribution in [0.4, 0.5) is 8.78 Å². The highest BCUT2D eigenvalue weighted by molar-refractivity contribution is 7.09. The molecular weight excluding hydrogens is 266 g/mol. The third-order valence-electron chi connectivity index (χ3n) is 2.82. The first kappa shape index (κ1) is 14.1. The maximum absolute atomic E-state index is 13.9. The van der Waals surface area contributed by atoms with Crippen LogP contribution in [0.2, 0.25) is 0 Å². The highest BCUT2D eigenvalue weighted by Gasteiger charge is 2.23.